The SMILES string of the molecule is CCNC(=NCCS(=O)Cc1ccccc1)N(C)Cc1ccsc1.I. The average molecular weight is 491 g/mol. The lowest BCUT2D eigenvalue weighted by Crippen LogP contribution is -2.38. The molecule has 0 spiro atoms. The van der Waals surface area contributed by atoms with Crippen LogP contribution in [0.15, 0.2) is 52.2 Å². The first-order valence-corrected chi connectivity index (χ1v) is 10.5. The maximum absolute atomic E-state index is 12.2. The summed E-state index contributed by atoms with van der Waals surface area (Å²) in [6, 6.07) is 12.1. The lowest BCUT2D eigenvalue weighted by atomic mass is 10.2. The number of benzene rings is 1. The first-order valence-electron chi connectivity index (χ1n) is 8.08. The van der Waals surface area contributed by atoms with Crippen LogP contribution in [-0.2, 0) is 23.1 Å². The Kier molecular flexibility index (Phi) is 11.0. The molecule has 0 bridgehead atoms. The minimum absolute atomic E-state index is 0. The van der Waals surface area contributed by atoms with Gasteiger partial charge in [0.25, 0.3) is 0 Å². The fourth-order valence-corrected chi connectivity index (χ4v) is 3.95. The van der Waals surface area contributed by atoms with Gasteiger partial charge in [0.1, 0.15) is 0 Å². The highest BCUT2D eigenvalue weighted by molar-refractivity contribution is 14.0. The molecule has 2 aromatic rings. The fraction of sp³-hybridized carbons (Fsp3) is 0.389. The summed E-state index contributed by atoms with van der Waals surface area (Å²) in [6.07, 6.45) is 0. The molecule has 7 heteroatoms. The molecule has 2 rings (SSSR count). The molecular formula is C18H26IN3OS2. The zero-order chi connectivity index (χ0) is 17.2. The smallest absolute Gasteiger partial charge is 0.193 e. The summed E-state index contributed by atoms with van der Waals surface area (Å²) in [6.45, 7) is 4.26. The third kappa shape index (κ3) is 8.33. The maximum Gasteiger partial charge on any atom is 0.193 e. The van der Waals surface area contributed by atoms with Crippen molar-refractivity contribution in [2.24, 2.45) is 4.99 Å². The van der Waals surface area contributed by atoms with Crippen LogP contribution in [0.25, 0.3) is 0 Å². The van der Waals surface area contributed by atoms with Crippen LogP contribution in [0.1, 0.15) is 18.1 Å². The molecule has 0 fully saturated rings. The number of nitrogens with one attached hydrogen (secondary N) is 1. The average Bonchev–Trinajstić information content (AvgIpc) is 3.08. The van der Waals surface area contributed by atoms with Crippen molar-refractivity contribution in [1.82, 2.24) is 10.2 Å². The van der Waals surface area contributed by atoms with E-state index in [0.29, 0.717) is 18.1 Å². The van der Waals surface area contributed by atoms with Crippen LogP contribution in [0.4, 0.5) is 0 Å². The molecule has 1 aromatic carbocycles. The van der Waals surface area contributed by atoms with Crippen molar-refractivity contribution in [1.29, 1.82) is 0 Å². The van der Waals surface area contributed by atoms with Gasteiger partial charge in [-0.25, -0.2) is 0 Å². The van der Waals surface area contributed by atoms with Gasteiger partial charge < -0.3 is 10.2 Å². The van der Waals surface area contributed by atoms with Crippen molar-refractivity contribution < 1.29 is 4.21 Å². The zero-order valence-electron chi connectivity index (χ0n) is 14.7. The number of guanidine groups is 1. The number of hydrogen-bond donors (Lipinski definition) is 1. The first kappa shape index (κ1) is 22.1. The second kappa shape index (κ2) is 12.4. The Morgan fingerprint density at radius 2 is 2.00 bits per heavy atom. The largest absolute Gasteiger partial charge is 0.357 e. The van der Waals surface area contributed by atoms with Crippen LogP contribution in [0.2, 0.25) is 0 Å². The minimum Gasteiger partial charge on any atom is -0.357 e. The summed E-state index contributed by atoms with van der Waals surface area (Å²) in [7, 11) is 1.14. The topological polar surface area (TPSA) is 44.7 Å². The van der Waals surface area contributed by atoms with Crippen molar-refractivity contribution in [2.75, 3.05) is 25.9 Å². The van der Waals surface area contributed by atoms with E-state index in [1.165, 1.54) is 5.56 Å². The number of nitrogens with zero attached hydrogens (tertiary/aromatic N) is 2. The van der Waals surface area contributed by atoms with E-state index in [1.807, 2.05) is 37.4 Å². The number of thiophene rings is 1. The van der Waals surface area contributed by atoms with Gasteiger partial charge in [-0.3, -0.25) is 9.20 Å². The zero-order valence-corrected chi connectivity index (χ0v) is 18.6. The van der Waals surface area contributed by atoms with Crippen LogP contribution in [-0.4, -0.2) is 41.0 Å². The van der Waals surface area contributed by atoms with E-state index in [1.54, 1.807) is 11.3 Å². The molecule has 1 N–H and O–H groups in total. The van der Waals surface area contributed by atoms with Gasteiger partial charge in [-0.05, 0) is 34.9 Å². The van der Waals surface area contributed by atoms with Crippen LogP contribution < -0.4 is 5.32 Å². The summed E-state index contributed by atoms with van der Waals surface area (Å²) in [5, 5.41) is 7.53. The predicted octanol–water partition coefficient (Wildman–Crippen LogP) is 3.71. The van der Waals surface area contributed by atoms with Crippen LogP contribution in [0, 0.1) is 0 Å². The van der Waals surface area contributed by atoms with E-state index in [9.17, 15) is 4.21 Å². The predicted molar refractivity (Wildman–Crippen MR) is 120 cm³/mol. The molecule has 0 saturated heterocycles. The monoisotopic (exact) mass is 491 g/mol. The molecule has 0 aliphatic heterocycles. The summed E-state index contributed by atoms with van der Waals surface area (Å²) >= 11 is 1.70. The van der Waals surface area contributed by atoms with Crippen molar-refractivity contribution in [3.63, 3.8) is 0 Å². The van der Waals surface area contributed by atoms with E-state index in [4.69, 9.17) is 0 Å². The molecule has 0 saturated carbocycles. The molecule has 1 unspecified atom stereocenters. The summed E-state index contributed by atoms with van der Waals surface area (Å²) in [4.78, 5) is 6.72. The van der Waals surface area contributed by atoms with Gasteiger partial charge in [0.15, 0.2) is 5.96 Å². The molecule has 0 amide bonds. The molecule has 0 aliphatic carbocycles. The van der Waals surface area contributed by atoms with Crippen molar-refractivity contribution in [2.45, 2.75) is 19.2 Å². The van der Waals surface area contributed by atoms with Crippen molar-refractivity contribution >= 4 is 52.1 Å². The number of halogens is 1. The molecule has 1 aromatic heterocycles. The molecule has 138 valence electrons. The molecular weight excluding hydrogens is 465 g/mol. The van der Waals surface area contributed by atoms with E-state index < -0.39 is 10.8 Å². The first-order chi connectivity index (χ1) is 11.7. The molecule has 0 aliphatic rings. The Morgan fingerprint density at radius 3 is 2.64 bits per heavy atom. The normalized spacial score (nSPS) is 12.3. The van der Waals surface area contributed by atoms with Gasteiger partial charge in [-0.2, -0.15) is 11.3 Å². The Labute approximate surface area is 174 Å². The molecule has 1 atom stereocenters. The molecule has 25 heavy (non-hydrogen) atoms. The van der Waals surface area contributed by atoms with Crippen LogP contribution in [0.5, 0.6) is 0 Å². The molecule has 0 radical (unpaired) electrons. The molecule has 4 nitrogen and oxygen atoms in total. The van der Waals surface area contributed by atoms with Crippen molar-refractivity contribution in [3.05, 3.63) is 58.3 Å². The van der Waals surface area contributed by atoms with E-state index in [2.05, 4.69) is 39.0 Å². The summed E-state index contributed by atoms with van der Waals surface area (Å²) in [5.41, 5.74) is 2.39. The number of hydrogen-bond acceptors (Lipinski definition) is 3. The highest BCUT2D eigenvalue weighted by Gasteiger charge is 2.07. The lowest BCUT2D eigenvalue weighted by molar-refractivity contribution is 0.478. The second-order valence-corrected chi connectivity index (χ2v) is 7.85. The van der Waals surface area contributed by atoms with Gasteiger partial charge in [-0.15, -0.1) is 24.0 Å². The Hall–Kier alpha value is -0.930. The van der Waals surface area contributed by atoms with Gasteiger partial charge >= 0.3 is 0 Å². The van der Waals surface area contributed by atoms with Gasteiger partial charge in [0, 0.05) is 42.4 Å². The summed E-state index contributed by atoms with van der Waals surface area (Å²) < 4.78 is 12.2. The van der Waals surface area contributed by atoms with Gasteiger partial charge in [0.05, 0.1) is 6.54 Å². The van der Waals surface area contributed by atoms with E-state index in [0.717, 1.165) is 24.6 Å². The lowest BCUT2D eigenvalue weighted by Gasteiger charge is -2.21. The maximum atomic E-state index is 12.2. The quantitative estimate of drug-likeness (QED) is 0.348. The van der Waals surface area contributed by atoms with Crippen molar-refractivity contribution in [3.8, 4) is 0 Å². The third-order valence-corrected chi connectivity index (χ3v) is 5.47. The second-order valence-electron chi connectivity index (χ2n) is 5.50. The Bertz CT molecular complexity index is 648. The Balaban J connectivity index is 0.00000312. The standard InChI is InChI=1S/C18H25N3OS2.HI/c1-3-19-18(21(2)13-17-9-11-23-14-17)20-10-12-24(22)15-16-7-5-4-6-8-16;/h4-9,11,14H,3,10,12-13,15H2,1-2H3,(H,19,20);1H. The molecule has 1 heterocycles. The highest BCUT2D eigenvalue weighted by atomic mass is 127. The third-order valence-electron chi connectivity index (χ3n) is 3.45. The van der Waals surface area contributed by atoms with Crippen LogP contribution in [0.3, 0.4) is 0 Å². The van der Waals surface area contributed by atoms with Gasteiger partial charge in [-0.1, -0.05) is 30.3 Å². The fourth-order valence-electron chi connectivity index (χ4n) is 2.29. The minimum atomic E-state index is -0.888. The van der Waals surface area contributed by atoms with E-state index >= 15 is 0 Å². The van der Waals surface area contributed by atoms with E-state index in [-0.39, 0.29) is 24.0 Å². The van der Waals surface area contributed by atoms with Gasteiger partial charge in [0.2, 0.25) is 0 Å². The number of aliphatic imine (C=N–C) groups is 1. The highest BCUT2D eigenvalue weighted by Crippen LogP contribution is 2.08. The number of rotatable bonds is 8. The Morgan fingerprint density at radius 1 is 1.24 bits per heavy atom. The van der Waals surface area contributed by atoms with Crippen LogP contribution >= 0.6 is 35.3 Å². The summed E-state index contributed by atoms with van der Waals surface area (Å²) in [5.74, 6) is 2.04.